The fourth-order valence-electron chi connectivity index (χ4n) is 6.84. The highest BCUT2D eigenvalue weighted by molar-refractivity contribution is 5.97. The minimum Gasteiger partial charge on any atom is -0.495 e. The molecule has 0 saturated heterocycles. The van der Waals surface area contributed by atoms with E-state index in [-0.39, 0.29) is 5.97 Å². The third kappa shape index (κ3) is 4.37. The van der Waals surface area contributed by atoms with Crippen molar-refractivity contribution in [2.24, 2.45) is 0 Å². The van der Waals surface area contributed by atoms with Crippen LogP contribution < -0.4 is 24.0 Å². The van der Waals surface area contributed by atoms with E-state index in [2.05, 4.69) is 48.8 Å². The number of carbonyl (C=O) groups excluding carboxylic acids is 1. The average Bonchev–Trinajstić information content (AvgIpc) is 3.38. The Labute approximate surface area is 269 Å². The Kier molecular flexibility index (Phi) is 7.32. The van der Waals surface area contributed by atoms with E-state index in [1.165, 1.54) is 0 Å². The fourth-order valence-corrected chi connectivity index (χ4v) is 6.84. The van der Waals surface area contributed by atoms with E-state index in [0.29, 0.717) is 28.6 Å². The van der Waals surface area contributed by atoms with Crippen molar-refractivity contribution in [3.05, 3.63) is 131 Å². The molecule has 7 heteroatoms. The first kappa shape index (κ1) is 29.3. The molecule has 5 aromatic rings. The number of anilines is 4. The quantitative estimate of drug-likeness (QED) is 0.162. The van der Waals surface area contributed by atoms with Gasteiger partial charge in [0.1, 0.15) is 23.0 Å². The molecule has 2 aliphatic rings. The molecule has 0 N–H and O–H groups in total. The van der Waals surface area contributed by atoms with Crippen LogP contribution in [0.3, 0.4) is 0 Å². The Balaban J connectivity index is 1.52. The number of methoxy groups -OCH3 is 2. The first-order chi connectivity index (χ1) is 22.4. The summed E-state index contributed by atoms with van der Waals surface area (Å²) in [6, 6.07) is 33.7. The van der Waals surface area contributed by atoms with Crippen molar-refractivity contribution in [2.45, 2.75) is 26.4 Å². The second-order valence-corrected chi connectivity index (χ2v) is 11.4. The Morgan fingerprint density at radius 2 is 1.28 bits per heavy atom. The maximum atomic E-state index is 13.6. The molecule has 0 amide bonds. The third-order valence-electron chi connectivity index (χ3n) is 9.04. The number of aryl methyl sites for hydroxylation is 1. The van der Waals surface area contributed by atoms with E-state index in [1.54, 1.807) is 14.2 Å². The van der Waals surface area contributed by atoms with Gasteiger partial charge >= 0.3 is 5.97 Å². The number of para-hydroxylation sites is 4. The summed E-state index contributed by atoms with van der Waals surface area (Å²) in [5.41, 5.74) is 6.16. The van der Waals surface area contributed by atoms with Crippen LogP contribution >= 0.6 is 0 Å². The van der Waals surface area contributed by atoms with Gasteiger partial charge in [0.15, 0.2) is 5.60 Å². The van der Waals surface area contributed by atoms with Crippen molar-refractivity contribution in [3.8, 4) is 23.0 Å². The number of nitrogens with zero attached hydrogens (tertiary/aromatic N) is 2. The molecule has 7 nitrogen and oxygen atoms in total. The highest BCUT2D eigenvalue weighted by Gasteiger charge is 2.54. The lowest BCUT2D eigenvalue weighted by molar-refractivity contribution is 0.0224. The summed E-state index contributed by atoms with van der Waals surface area (Å²) in [5, 5.41) is 0. The minimum atomic E-state index is -1.21. The number of rotatable bonds is 8. The van der Waals surface area contributed by atoms with Crippen LogP contribution in [0.4, 0.5) is 22.7 Å². The van der Waals surface area contributed by atoms with Gasteiger partial charge in [-0.3, -0.25) is 0 Å². The standard InChI is InChI=1S/C39H36N2O5/c1-6-40(7-2)26-20-21-29-37(23-26)45-36-22-25(3)33(24-30(36)39(29)28-15-9-8-14-27(28)38(42)46-39)41(31-16-10-12-18-34(31)43-4)32-17-11-13-19-35(32)44-5/h8-24H,6-7H2,1-5H3. The third-order valence-corrected chi connectivity index (χ3v) is 9.04. The van der Waals surface area contributed by atoms with Crippen LogP contribution in [0.2, 0.25) is 0 Å². The molecular formula is C39H36N2O5. The van der Waals surface area contributed by atoms with Gasteiger partial charge in [0.05, 0.1) is 36.8 Å². The van der Waals surface area contributed by atoms with Crippen LogP contribution in [-0.2, 0) is 10.3 Å². The van der Waals surface area contributed by atoms with Crippen LogP contribution in [0.15, 0.2) is 103 Å². The maximum absolute atomic E-state index is 13.6. The lowest BCUT2D eigenvalue weighted by Crippen LogP contribution is -2.33. The smallest absolute Gasteiger partial charge is 0.340 e. The van der Waals surface area contributed by atoms with Crippen LogP contribution in [0.1, 0.15) is 46.5 Å². The van der Waals surface area contributed by atoms with Crippen LogP contribution in [0.5, 0.6) is 23.0 Å². The lowest BCUT2D eigenvalue weighted by Gasteiger charge is -2.39. The van der Waals surface area contributed by atoms with E-state index in [1.807, 2.05) is 84.9 Å². The highest BCUT2D eigenvalue weighted by Crippen LogP contribution is 2.58. The van der Waals surface area contributed by atoms with E-state index < -0.39 is 5.60 Å². The molecule has 1 spiro atoms. The first-order valence-corrected chi connectivity index (χ1v) is 15.6. The first-order valence-electron chi connectivity index (χ1n) is 15.6. The number of ether oxygens (including phenoxy) is 4. The molecule has 0 saturated carbocycles. The van der Waals surface area contributed by atoms with Crippen molar-refractivity contribution in [3.63, 3.8) is 0 Å². The van der Waals surface area contributed by atoms with Crippen molar-refractivity contribution in [2.75, 3.05) is 37.1 Å². The molecule has 2 heterocycles. The summed E-state index contributed by atoms with van der Waals surface area (Å²) < 4.78 is 25.0. The fraction of sp³-hybridized carbons (Fsp3) is 0.205. The van der Waals surface area contributed by atoms with E-state index in [9.17, 15) is 4.79 Å². The molecule has 0 fully saturated rings. The SMILES string of the molecule is CCN(CC)c1ccc2c(c1)Oc1cc(C)c(N(c3ccccc3OC)c3ccccc3OC)cc1C21OC(=O)c2ccccc21. The number of carbonyl (C=O) groups is 1. The number of hydrogen-bond donors (Lipinski definition) is 0. The highest BCUT2D eigenvalue weighted by atomic mass is 16.6. The number of esters is 1. The zero-order chi connectivity index (χ0) is 32.0. The predicted octanol–water partition coefficient (Wildman–Crippen LogP) is 8.90. The Hall–Kier alpha value is -5.43. The van der Waals surface area contributed by atoms with Gasteiger partial charge in [0.2, 0.25) is 0 Å². The number of benzene rings is 5. The number of fused-ring (bicyclic) bond motifs is 6. The second kappa shape index (κ2) is 11.5. The molecule has 5 aromatic carbocycles. The molecule has 7 rings (SSSR count). The summed E-state index contributed by atoms with van der Waals surface area (Å²) in [6.07, 6.45) is 0. The largest absolute Gasteiger partial charge is 0.495 e. The number of hydrogen-bond acceptors (Lipinski definition) is 7. The summed E-state index contributed by atoms with van der Waals surface area (Å²) in [5.74, 6) is 2.33. The molecule has 46 heavy (non-hydrogen) atoms. The van der Waals surface area contributed by atoms with Gasteiger partial charge in [-0.25, -0.2) is 4.79 Å². The van der Waals surface area contributed by atoms with Gasteiger partial charge in [-0.2, -0.15) is 0 Å². The average molecular weight is 613 g/mol. The van der Waals surface area contributed by atoms with Gasteiger partial charge in [-0.1, -0.05) is 42.5 Å². The predicted molar refractivity (Wildman–Crippen MR) is 181 cm³/mol. The summed E-state index contributed by atoms with van der Waals surface area (Å²) in [4.78, 5) is 18.0. The molecule has 0 aromatic heterocycles. The maximum Gasteiger partial charge on any atom is 0.340 e. The summed E-state index contributed by atoms with van der Waals surface area (Å²) >= 11 is 0. The molecule has 0 bridgehead atoms. The molecule has 0 aliphatic carbocycles. The van der Waals surface area contributed by atoms with Crippen molar-refractivity contribution in [1.82, 2.24) is 0 Å². The zero-order valence-electron chi connectivity index (χ0n) is 26.7. The van der Waals surface area contributed by atoms with Crippen LogP contribution in [0.25, 0.3) is 0 Å². The van der Waals surface area contributed by atoms with E-state index >= 15 is 0 Å². The second-order valence-electron chi connectivity index (χ2n) is 11.4. The monoisotopic (exact) mass is 612 g/mol. The van der Waals surface area contributed by atoms with Gasteiger partial charge in [0.25, 0.3) is 0 Å². The Morgan fingerprint density at radius 1 is 0.674 bits per heavy atom. The summed E-state index contributed by atoms with van der Waals surface area (Å²) in [6.45, 7) is 8.05. The lowest BCUT2D eigenvalue weighted by atomic mass is 9.77. The molecule has 232 valence electrons. The van der Waals surface area contributed by atoms with Gasteiger partial charge in [0, 0.05) is 41.5 Å². The van der Waals surface area contributed by atoms with Crippen molar-refractivity contribution in [1.29, 1.82) is 0 Å². The summed E-state index contributed by atoms with van der Waals surface area (Å²) in [7, 11) is 3.33. The molecule has 1 unspecified atom stereocenters. The van der Waals surface area contributed by atoms with E-state index in [4.69, 9.17) is 18.9 Å². The van der Waals surface area contributed by atoms with Gasteiger partial charge in [-0.15, -0.1) is 0 Å². The minimum absolute atomic E-state index is 0.365. The Bertz CT molecular complexity index is 1920. The Morgan fingerprint density at radius 3 is 1.93 bits per heavy atom. The molecule has 2 aliphatic heterocycles. The topological polar surface area (TPSA) is 60.5 Å². The normalized spacial score (nSPS) is 15.7. The molecule has 0 radical (unpaired) electrons. The van der Waals surface area contributed by atoms with Crippen molar-refractivity contribution < 1.29 is 23.7 Å². The van der Waals surface area contributed by atoms with Gasteiger partial charge < -0.3 is 28.7 Å². The molecular weight excluding hydrogens is 576 g/mol. The zero-order valence-corrected chi connectivity index (χ0v) is 26.7. The van der Waals surface area contributed by atoms with Crippen LogP contribution in [-0.4, -0.2) is 33.3 Å². The van der Waals surface area contributed by atoms with Crippen LogP contribution in [0, 0.1) is 6.92 Å². The van der Waals surface area contributed by atoms with Gasteiger partial charge in [-0.05, 0) is 80.9 Å². The molecule has 1 atom stereocenters. The van der Waals surface area contributed by atoms with E-state index in [0.717, 1.165) is 58.1 Å². The van der Waals surface area contributed by atoms with Crippen molar-refractivity contribution >= 4 is 28.7 Å².